The highest BCUT2D eigenvalue weighted by atomic mass is 16.3. The molecule has 108 valence electrons. The summed E-state index contributed by atoms with van der Waals surface area (Å²) in [6, 6.07) is 9.81. The molecule has 4 nitrogen and oxygen atoms in total. The van der Waals surface area contributed by atoms with Gasteiger partial charge in [0.05, 0.1) is 17.8 Å². The number of nitrogens with zero attached hydrogens (tertiary/aromatic N) is 2. The highest BCUT2D eigenvalue weighted by Gasteiger charge is 2.12. The summed E-state index contributed by atoms with van der Waals surface area (Å²) in [5.41, 5.74) is 5.02. The van der Waals surface area contributed by atoms with Crippen LogP contribution in [0, 0.1) is 0 Å². The van der Waals surface area contributed by atoms with Crippen molar-refractivity contribution in [2.45, 2.75) is 32.8 Å². The van der Waals surface area contributed by atoms with E-state index in [4.69, 9.17) is 5.11 Å². The molecule has 0 atom stereocenters. The molecular formula is C17H19N3O. The zero-order chi connectivity index (χ0) is 14.7. The van der Waals surface area contributed by atoms with E-state index in [1.807, 2.05) is 30.3 Å². The van der Waals surface area contributed by atoms with Crippen LogP contribution in [0.25, 0.3) is 22.2 Å². The van der Waals surface area contributed by atoms with E-state index in [0.29, 0.717) is 0 Å². The largest absolute Gasteiger partial charge is 0.392 e. The first-order chi connectivity index (χ1) is 10.3. The van der Waals surface area contributed by atoms with Crippen molar-refractivity contribution in [3.63, 3.8) is 0 Å². The maximum absolute atomic E-state index is 9.15. The Morgan fingerprint density at radius 2 is 1.95 bits per heavy atom. The predicted molar refractivity (Wildman–Crippen MR) is 83.9 cm³/mol. The number of hydrogen-bond donors (Lipinski definition) is 2. The minimum atomic E-state index is 0.0609. The van der Waals surface area contributed by atoms with Gasteiger partial charge in [0.15, 0.2) is 0 Å². The summed E-state index contributed by atoms with van der Waals surface area (Å²) in [7, 11) is 0. The second-order valence-corrected chi connectivity index (χ2v) is 5.21. The van der Waals surface area contributed by atoms with Gasteiger partial charge >= 0.3 is 0 Å². The van der Waals surface area contributed by atoms with E-state index in [2.05, 4.69) is 22.1 Å². The van der Waals surface area contributed by atoms with Crippen molar-refractivity contribution in [3.8, 4) is 11.3 Å². The fourth-order valence-corrected chi connectivity index (χ4v) is 2.55. The number of H-pyrrole nitrogens is 1. The minimum absolute atomic E-state index is 0.0609. The standard InChI is InChI=1S/C17H19N3O/c1-2-3-4-14-16-15(20-19-14)9-10-18-17(16)13-7-5-12(11-21)6-8-13/h5-10,21H,2-4,11H2,1H3,(H,19,20). The van der Waals surface area contributed by atoms with Gasteiger partial charge in [0.2, 0.25) is 0 Å². The van der Waals surface area contributed by atoms with Crippen LogP contribution in [0.4, 0.5) is 0 Å². The molecule has 3 aromatic rings. The molecule has 2 heterocycles. The van der Waals surface area contributed by atoms with Crippen LogP contribution in [0.1, 0.15) is 31.0 Å². The summed E-state index contributed by atoms with van der Waals surface area (Å²) in [6.07, 6.45) is 5.07. The van der Waals surface area contributed by atoms with Crippen LogP contribution in [0.3, 0.4) is 0 Å². The fraction of sp³-hybridized carbons (Fsp3) is 0.294. The minimum Gasteiger partial charge on any atom is -0.392 e. The molecule has 0 aliphatic heterocycles. The number of aryl methyl sites for hydroxylation is 1. The maximum atomic E-state index is 9.15. The summed E-state index contributed by atoms with van der Waals surface area (Å²) in [6.45, 7) is 2.25. The number of aromatic nitrogens is 3. The van der Waals surface area contributed by atoms with Crippen LogP contribution >= 0.6 is 0 Å². The van der Waals surface area contributed by atoms with E-state index >= 15 is 0 Å². The van der Waals surface area contributed by atoms with Gasteiger partial charge in [0, 0.05) is 22.8 Å². The van der Waals surface area contributed by atoms with E-state index in [1.165, 1.54) is 0 Å². The Morgan fingerprint density at radius 3 is 2.67 bits per heavy atom. The third kappa shape index (κ3) is 2.67. The Bertz CT molecular complexity index is 731. The summed E-state index contributed by atoms with van der Waals surface area (Å²) in [5, 5.41) is 17.8. The molecule has 1 aromatic carbocycles. The highest BCUT2D eigenvalue weighted by molar-refractivity contribution is 5.94. The molecule has 21 heavy (non-hydrogen) atoms. The van der Waals surface area contributed by atoms with Crippen molar-refractivity contribution in [2.24, 2.45) is 0 Å². The molecule has 0 saturated carbocycles. The number of pyridine rings is 1. The van der Waals surface area contributed by atoms with Crippen LogP contribution in [0.15, 0.2) is 36.5 Å². The molecule has 2 N–H and O–H groups in total. The van der Waals surface area contributed by atoms with E-state index < -0.39 is 0 Å². The highest BCUT2D eigenvalue weighted by Crippen LogP contribution is 2.28. The monoisotopic (exact) mass is 281 g/mol. The van der Waals surface area contributed by atoms with Crippen LogP contribution in [-0.2, 0) is 13.0 Å². The first-order valence-corrected chi connectivity index (χ1v) is 7.35. The number of benzene rings is 1. The van der Waals surface area contributed by atoms with Gasteiger partial charge in [-0.25, -0.2) is 0 Å². The molecule has 2 aromatic heterocycles. The quantitative estimate of drug-likeness (QED) is 0.753. The number of fused-ring (bicyclic) bond motifs is 1. The number of aliphatic hydroxyl groups is 1. The van der Waals surface area contributed by atoms with Crippen LogP contribution < -0.4 is 0 Å². The zero-order valence-corrected chi connectivity index (χ0v) is 12.1. The number of aromatic amines is 1. The molecule has 0 saturated heterocycles. The van der Waals surface area contributed by atoms with E-state index in [-0.39, 0.29) is 6.61 Å². The number of rotatable bonds is 5. The van der Waals surface area contributed by atoms with E-state index in [1.54, 1.807) is 6.20 Å². The lowest BCUT2D eigenvalue weighted by Gasteiger charge is -2.05. The molecule has 3 rings (SSSR count). The van der Waals surface area contributed by atoms with Gasteiger partial charge in [0.1, 0.15) is 0 Å². The van der Waals surface area contributed by atoms with Crippen molar-refractivity contribution in [1.29, 1.82) is 0 Å². The summed E-state index contributed by atoms with van der Waals surface area (Å²) in [4.78, 5) is 4.55. The van der Waals surface area contributed by atoms with Gasteiger partial charge in [-0.2, -0.15) is 5.10 Å². The number of nitrogens with one attached hydrogen (secondary N) is 1. The Kier molecular flexibility index (Phi) is 3.97. The third-order valence-electron chi connectivity index (χ3n) is 3.73. The third-order valence-corrected chi connectivity index (χ3v) is 3.73. The van der Waals surface area contributed by atoms with Crippen molar-refractivity contribution in [1.82, 2.24) is 15.2 Å². The van der Waals surface area contributed by atoms with Crippen molar-refractivity contribution < 1.29 is 5.11 Å². The van der Waals surface area contributed by atoms with Crippen LogP contribution in [0.5, 0.6) is 0 Å². The maximum Gasteiger partial charge on any atom is 0.0961 e. The molecule has 0 fully saturated rings. The average Bonchev–Trinajstić information content (AvgIpc) is 2.96. The predicted octanol–water partition coefficient (Wildman–Crippen LogP) is 3.46. The molecule has 4 heteroatoms. The molecule has 0 bridgehead atoms. The molecule has 0 unspecified atom stereocenters. The lowest BCUT2D eigenvalue weighted by Crippen LogP contribution is -1.91. The summed E-state index contributed by atoms with van der Waals surface area (Å²) in [5.74, 6) is 0. The Balaban J connectivity index is 2.09. The number of hydrogen-bond acceptors (Lipinski definition) is 3. The second kappa shape index (κ2) is 6.06. The van der Waals surface area contributed by atoms with Gasteiger partial charge in [-0.15, -0.1) is 0 Å². The van der Waals surface area contributed by atoms with E-state index in [9.17, 15) is 0 Å². The van der Waals surface area contributed by atoms with Crippen molar-refractivity contribution >= 4 is 10.9 Å². The van der Waals surface area contributed by atoms with Gasteiger partial charge in [0.25, 0.3) is 0 Å². The molecule has 0 spiro atoms. The Labute approximate surface area is 123 Å². The van der Waals surface area contributed by atoms with Gasteiger partial charge in [-0.1, -0.05) is 37.6 Å². The zero-order valence-electron chi connectivity index (χ0n) is 12.1. The SMILES string of the molecule is CCCCc1[nH]nc2ccnc(-c3ccc(CO)cc3)c12. The van der Waals surface area contributed by atoms with Crippen LogP contribution in [-0.4, -0.2) is 20.3 Å². The topological polar surface area (TPSA) is 61.8 Å². The Morgan fingerprint density at radius 1 is 1.14 bits per heavy atom. The number of aliphatic hydroxyl groups excluding tert-OH is 1. The van der Waals surface area contributed by atoms with Gasteiger partial charge in [-0.3, -0.25) is 10.1 Å². The van der Waals surface area contributed by atoms with E-state index in [0.717, 1.165) is 52.7 Å². The lowest BCUT2D eigenvalue weighted by atomic mass is 10.0. The van der Waals surface area contributed by atoms with Crippen molar-refractivity contribution in [3.05, 3.63) is 47.8 Å². The molecule has 0 aliphatic carbocycles. The molecule has 0 aliphatic rings. The molecule has 0 radical (unpaired) electrons. The van der Waals surface area contributed by atoms with Gasteiger partial charge in [-0.05, 0) is 24.5 Å². The number of unbranched alkanes of at least 4 members (excludes halogenated alkanes) is 1. The molecular weight excluding hydrogens is 262 g/mol. The first kappa shape index (κ1) is 13.8. The fourth-order valence-electron chi connectivity index (χ4n) is 2.55. The lowest BCUT2D eigenvalue weighted by molar-refractivity contribution is 0.282. The smallest absolute Gasteiger partial charge is 0.0961 e. The molecule has 0 amide bonds. The first-order valence-electron chi connectivity index (χ1n) is 7.35. The van der Waals surface area contributed by atoms with Crippen LogP contribution in [0.2, 0.25) is 0 Å². The summed E-state index contributed by atoms with van der Waals surface area (Å²) < 4.78 is 0. The average molecular weight is 281 g/mol. The second-order valence-electron chi connectivity index (χ2n) is 5.21. The Hall–Kier alpha value is -2.20. The normalized spacial score (nSPS) is 11.1. The van der Waals surface area contributed by atoms with Crippen molar-refractivity contribution in [2.75, 3.05) is 0 Å². The summed E-state index contributed by atoms with van der Waals surface area (Å²) >= 11 is 0. The van der Waals surface area contributed by atoms with Gasteiger partial charge < -0.3 is 5.11 Å².